The molecule has 12 heavy (non-hydrogen) atoms. The van der Waals surface area contributed by atoms with Crippen LogP contribution in [-0.4, -0.2) is 16.3 Å². The van der Waals surface area contributed by atoms with E-state index in [4.69, 9.17) is 0 Å². The van der Waals surface area contributed by atoms with Crippen LogP contribution in [0.1, 0.15) is 0 Å². The van der Waals surface area contributed by atoms with Gasteiger partial charge in [0.15, 0.2) is 5.82 Å². The molecule has 0 aliphatic carbocycles. The third kappa shape index (κ3) is 0.969. The van der Waals surface area contributed by atoms with E-state index in [-0.39, 0.29) is 5.82 Å². The molecule has 1 aromatic heterocycles. The van der Waals surface area contributed by atoms with Crippen LogP contribution in [0.2, 0.25) is 0 Å². The van der Waals surface area contributed by atoms with Crippen molar-refractivity contribution in [2.75, 3.05) is 0 Å². The van der Waals surface area contributed by atoms with E-state index in [9.17, 15) is 8.78 Å². The lowest BCUT2D eigenvalue weighted by atomic mass is 10.5. The van der Waals surface area contributed by atoms with Gasteiger partial charge in [-0.25, -0.2) is 20.0 Å². The summed E-state index contributed by atoms with van der Waals surface area (Å²) in [7, 11) is 0. The van der Waals surface area contributed by atoms with E-state index in [0.29, 0.717) is 5.36 Å². The fraction of sp³-hybridized carbons (Fsp3) is 0. The van der Waals surface area contributed by atoms with Gasteiger partial charge in [0.2, 0.25) is 5.48 Å². The van der Waals surface area contributed by atoms with Gasteiger partial charge in [-0.3, -0.25) is 0 Å². The van der Waals surface area contributed by atoms with Crippen molar-refractivity contribution in [1.82, 2.24) is 9.97 Å². The predicted octanol–water partition coefficient (Wildman–Crippen LogP) is -0.226. The Morgan fingerprint density at radius 1 is 1.33 bits per heavy atom. The maximum Gasteiger partial charge on any atom is 0.314 e. The van der Waals surface area contributed by atoms with E-state index in [2.05, 4.69) is 20.0 Å². The summed E-state index contributed by atoms with van der Waals surface area (Å²) >= 11 is 0. The molecule has 1 aliphatic heterocycles. The third-order valence-corrected chi connectivity index (χ3v) is 1.30. The molecular formula is C6H2F2N4. The van der Waals surface area contributed by atoms with Crippen LogP contribution in [0, 0.1) is 0 Å². The monoisotopic (exact) mass is 168 g/mol. The Kier molecular flexibility index (Phi) is 1.39. The Hall–Kier alpha value is -1.72. The van der Waals surface area contributed by atoms with Crippen LogP contribution in [0.5, 0.6) is 0 Å². The van der Waals surface area contributed by atoms with Crippen molar-refractivity contribution in [1.29, 1.82) is 0 Å². The van der Waals surface area contributed by atoms with E-state index in [1.807, 2.05) is 0 Å². The smallest absolute Gasteiger partial charge is 0.231 e. The first kappa shape index (κ1) is 6.96. The largest absolute Gasteiger partial charge is 0.314 e. The second kappa shape index (κ2) is 2.40. The predicted molar refractivity (Wildman–Crippen MR) is 36.6 cm³/mol. The number of aromatic nitrogens is 2. The van der Waals surface area contributed by atoms with Gasteiger partial charge < -0.3 is 0 Å². The zero-order valence-corrected chi connectivity index (χ0v) is 5.70. The van der Waals surface area contributed by atoms with Crippen molar-refractivity contribution < 1.29 is 8.78 Å². The van der Waals surface area contributed by atoms with Gasteiger partial charge >= 0.3 is 6.08 Å². The number of rotatable bonds is 0. The number of hydrogen-bond donors (Lipinski definition) is 0. The van der Waals surface area contributed by atoms with Crippen molar-refractivity contribution in [3.05, 3.63) is 17.0 Å². The minimum Gasteiger partial charge on any atom is -0.231 e. The Morgan fingerprint density at radius 2 is 2.17 bits per heavy atom. The maximum absolute atomic E-state index is 11.9. The zero-order chi connectivity index (χ0) is 8.55. The third-order valence-electron chi connectivity index (χ3n) is 1.30. The molecule has 60 valence electrons. The molecule has 6 heteroatoms. The van der Waals surface area contributed by atoms with E-state index < -0.39 is 11.6 Å². The molecule has 1 aromatic rings. The molecular weight excluding hydrogens is 166 g/mol. The number of halogens is 2. The number of fused-ring (bicyclic) bond motifs is 1. The lowest BCUT2D eigenvalue weighted by Crippen LogP contribution is -2.18. The van der Waals surface area contributed by atoms with Gasteiger partial charge in [0.25, 0.3) is 0 Å². The van der Waals surface area contributed by atoms with Crippen LogP contribution >= 0.6 is 0 Å². The fourth-order valence-electron chi connectivity index (χ4n) is 0.789. The summed E-state index contributed by atoms with van der Waals surface area (Å²) in [5, 5.41) is 0.417. The molecule has 0 aromatic carbocycles. The van der Waals surface area contributed by atoms with Gasteiger partial charge in [0, 0.05) is 0 Å². The summed E-state index contributed by atoms with van der Waals surface area (Å²) in [6.07, 6.45) is 0.545. The van der Waals surface area contributed by atoms with Crippen molar-refractivity contribution in [2.45, 2.75) is 0 Å². The Morgan fingerprint density at radius 3 is 2.92 bits per heavy atom. The fourth-order valence-corrected chi connectivity index (χ4v) is 0.789. The van der Waals surface area contributed by atoms with Crippen LogP contribution < -0.4 is 10.8 Å². The lowest BCUT2D eigenvalue weighted by molar-refractivity contribution is 0.532. The topological polar surface area (TPSA) is 50.5 Å². The molecule has 0 N–H and O–H groups in total. The van der Waals surface area contributed by atoms with Crippen molar-refractivity contribution in [3.63, 3.8) is 0 Å². The van der Waals surface area contributed by atoms with Crippen LogP contribution in [0.25, 0.3) is 6.08 Å². The molecule has 0 fully saturated rings. The highest BCUT2D eigenvalue weighted by Gasteiger charge is 2.03. The van der Waals surface area contributed by atoms with E-state index >= 15 is 0 Å². The Balaban J connectivity index is 2.79. The first-order chi connectivity index (χ1) is 5.77. The molecule has 1 aliphatic rings. The molecule has 0 radical (unpaired) electrons. The first-order valence-electron chi connectivity index (χ1n) is 3.06. The van der Waals surface area contributed by atoms with Gasteiger partial charge in [-0.2, -0.15) is 8.78 Å². The average molecular weight is 168 g/mol. The van der Waals surface area contributed by atoms with Gasteiger partial charge in [-0.05, 0) is 0 Å². The maximum atomic E-state index is 11.9. The van der Waals surface area contributed by atoms with Crippen LogP contribution in [-0.2, 0) is 0 Å². The normalized spacial score (nSPS) is 12.5. The summed E-state index contributed by atoms with van der Waals surface area (Å²) in [4.78, 5) is 14.2. The highest BCUT2D eigenvalue weighted by atomic mass is 19.3. The summed E-state index contributed by atoms with van der Waals surface area (Å²) in [5.41, 5.74) is -0.594. The van der Waals surface area contributed by atoms with Gasteiger partial charge in [-0.1, -0.05) is 0 Å². The average Bonchev–Trinajstić information content (AvgIpc) is 2.49. The Bertz CT molecular complexity index is 461. The molecule has 0 atom stereocenters. The quantitative estimate of drug-likeness (QED) is 0.537. The van der Waals surface area contributed by atoms with Crippen LogP contribution in [0.4, 0.5) is 14.6 Å². The minimum atomic E-state index is -1.92. The van der Waals surface area contributed by atoms with Crippen LogP contribution in [0.3, 0.4) is 0 Å². The van der Waals surface area contributed by atoms with Gasteiger partial charge in [0.05, 0.1) is 6.20 Å². The second-order valence-corrected chi connectivity index (χ2v) is 2.04. The molecule has 2 heterocycles. The molecule has 4 nitrogen and oxygen atoms in total. The van der Waals surface area contributed by atoms with Crippen LogP contribution in [0.15, 0.2) is 16.2 Å². The molecule has 0 unspecified atom stereocenters. The summed E-state index contributed by atoms with van der Waals surface area (Å²) in [6, 6.07) is 0. The summed E-state index contributed by atoms with van der Waals surface area (Å²) in [5.74, 6) is 0.188. The van der Waals surface area contributed by atoms with E-state index in [1.165, 1.54) is 12.5 Å². The lowest BCUT2D eigenvalue weighted by Gasteiger charge is -1.86. The van der Waals surface area contributed by atoms with Crippen molar-refractivity contribution in [2.24, 2.45) is 9.98 Å². The number of nitrogens with zero attached hydrogens (tertiary/aromatic N) is 4. The van der Waals surface area contributed by atoms with Crippen molar-refractivity contribution >= 4 is 18.2 Å². The van der Waals surface area contributed by atoms with Gasteiger partial charge in [-0.15, -0.1) is 0 Å². The minimum absolute atomic E-state index is 0.188. The SMILES string of the molecule is FC(F)=c1ncc2c(n1)N=CN=2. The number of hydrogen-bond acceptors (Lipinski definition) is 4. The van der Waals surface area contributed by atoms with Crippen molar-refractivity contribution in [3.8, 4) is 0 Å². The summed E-state index contributed by atoms with van der Waals surface area (Å²) < 4.78 is 23.9. The highest BCUT2D eigenvalue weighted by Crippen LogP contribution is 1.99. The molecule has 0 saturated heterocycles. The molecule has 0 saturated carbocycles. The Labute approximate surface area is 65.0 Å². The highest BCUT2D eigenvalue weighted by molar-refractivity contribution is 5.64. The number of aliphatic imine (C=N–C) groups is 1. The van der Waals surface area contributed by atoms with E-state index in [0.717, 1.165) is 0 Å². The van der Waals surface area contributed by atoms with E-state index in [1.54, 1.807) is 0 Å². The molecule has 0 spiro atoms. The standard InChI is InChI=1S/C6H2F2N4/c7-4(8)6-9-1-3-5(12-6)11-2-10-3/h1-2H. The molecule has 2 rings (SSSR count). The molecule has 0 bridgehead atoms. The van der Waals surface area contributed by atoms with Gasteiger partial charge in [0.1, 0.15) is 11.7 Å². The molecule has 0 amide bonds. The first-order valence-corrected chi connectivity index (χ1v) is 3.06. The summed E-state index contributed by atoms with van der Waals surface area (Å²) in [6.45, 7) is 0. The second-order valence-electron chi connectivity index (χ2n) is 2.04. The zero-order valence-electron chi connectivity index (χ0n) is 5.70.